The summed E-state index contributed by atoms with van der Waals surface area (Å²) in [6.45, 7) is 0. The first-order valence-corrected chi connectivity index (χ1v) is 7.59. The van der Waals surface area contributed by atoms with Crippen molar-refractivity contribution in [3.05, 3.63) is 24.3 Å². The van der Waals surface area contributed by atoms with Crippen molar-refractivity contribution in [1.29, 1.82) is 5.41 Å². The van der Waals surface area contributed by atoms with Crippen molar-refractivity contribution in [3.63, 3.8) is 0 Å². The van der Waals surface area contributed by atoms with Gasteiger partial charge in [0.2, 0.25) is 5.96 Å². The Morgan fingerprint density at radius 2 is 2.05 bits per heavy atom. The molecule has 0 saturated carbocycles. The van der Waals surface area contributed by atoms with E-state index in [4.69, 9.17) is 11.1 Å². The highest BCUT2D eigenvalue weighted by Gasteiger charge is 2.27. The van der Waals surface area contributed by atoms with Crippen LogP contribution in [0, 0.1) is 5.41 Å². The van der Waals surface area contributed by atoms with Gasteiger partial charge in [-0.15, -0.1) is 10.2 Å². The summed E-state index contributed by atoms with van der Waals surface area (Å²) in [6, 6.07) is 6.99. The molecule has 1 aromatic carbocycles. The molecule has 102 valence electrons. The number of rotatable bonds is 3. The summed E-state index contributed by atoms with van der Waals surface area (Å²) in [6.07, 6.45) is 0.633. The van der Waals surface area contributed by atoms with Gasteiger partial charge in [0.25, 0.3) is 0 Å². The first-order valence-electron chi connectivity index (χ1n) is 5.77. The third-order valence-electron chi connectivity index (χ3n) is 2.74. The summed E-state index contributed by atoms with van der Waals surface area (Å²) in [5.41, 5.74) is 6.48. The Hall–Kier alpha value is -1.96. The highest BCUT2D eigenvalue weighted by molar-refractivity contribution is 7.91. The van der Waals surface area contributed by atoms with Gasteiger partial charge in [-0.2, -0.15) is 0 Å². The van der Waals surface area contributed by atoms with Crippen molar-refractivity contribution in [2.45, 2.75) is 12.5 Å². The van der Waals surface area contributed by atoms with Crippen LogP contribution in [-0.4, -0.2) is 31.9 Å². The fraction of sp³-hybridized carbons (Fsp3) is 0.364. The van der Waals surface area contributed by atoms with Gasteiger partial charge in [0.1, 0.15) is 0 Å². The van der Waals surface area contributed by atoms with E-state index in [1.54, 1.807) is 24.3 Å². The Balaban J connectivity index is 1.98. The van der Waals surface area contributed by atoms with E-state index >= 15 is 0 Å². The molecular weight excluding hydrogens is 266 g/mol. The topological polar surface area (TPSA) is 121 Å². The molecule has 7 nitrogen and oxygen atoms in total. The molecule has 1 saturated heterocycles. The molecule has 0 aromatic heterocycles. The maximum absolute atomic E-state index is 11.3. The SMILES string of the molecule is N=C(N)N=Nc1ccc(N[C@@H]2CCS(=O)(=O)C2)cc1. The average molecular weight is 281 g/mol. The quantitative estimate of drug-likeness (QED) is 0.438. The lowest BCUT2D eigenvalue weighted by molar-refractivity contribution is 0.602. The molecule has 0 spiro atoms. The van der Waals surface area contributed by atoms with Crippen molar-refractivity contribution in [3.8, 4) is 0 Å². The molecule has 0 bridgehead atoms. The number of nitrogens with two attached hydrogens (primary N) is 1. The summed E-state index contributed by atoms with van der Waals surface area (Å²) in [5.74, 6) is 0.0762. The highest BCUT2D eigenvalue weighted by atomic mass is 32.2. The second-order valence-corrected chi connectivity index (χ2v) is 6.61. The number of nitrogens with one attached hydrogen (secondary N) is 2. The Labute approximate surface area is 111 Å². The van der Waals surface area contributed by atoms with E-state index in [1.807, 2.05) is 0 Å². The molecule has 1 atom stereocenters. The van der Waals surface area contributed by atoms with E-state index in [2.05, 4.69) is 15.5 Å². The number of benzene rings is 1. The minimum Gasteiger partial charge on any atom is -0.381 e. The predicted octanol–water partition coefficient (Wildman–Crippen LogP) is 1.26. The van der Waals surface area contributed by atoms with Crippen LogP contribution < -0.4 is 11.1 Å². The van der Waals surface area contributed by atoms with Gasteiger partial charge < -0.3 is 11.1 Å². The smallest absolute Gasteiger partial charge is 0.232 e. The van der Waals surface area contributed by atoms with Crippen molar-refractivity contribution in [1.82, 2.24) is 0 Å². The van der Waals surface area contributed by atoms with Crippen LogP contribution in [0.1, 0.15) is 6.42 Å². The van der Waals surface area contributed by atoms with Crippen LogP contribution in [0.4, 0.5) is 11.4 Å². The van der Waals surface area contributed by atoms with Gasteiger partial charge in [-0.05, 0) is 30.7 Å². The van der Waals surface area contributed by atoms with Gasteiger partial charge in [0.05, 0.1) is 17.2 Å². The van der Waals surface area contributed by atoms with Gasteiger partial charge in [-0.1, -0.05) is 0 Å². The Kier molecular flexibility index (Phi) is 3.79. The molecule has 1 fully saturated rings. The average Bonchev–Trinajstić information content (AvgIpc) is 2.68. The summed E-state index contributed by atoms with van der Waals surface area (Å²) in [5, 5.41) is 17.3. The lowest BCUT2D eigenvalue weighted by Gasteiger charge is -2.12. The molecule has 0 radical (unpaired) electrons. The fourth-order valence-electron chi connectivity index (χ4n) is 1.88. The first kappa shape index (κ1) is 13.5. The Morgan fingerprint density at radius 3 is 2.58 bits per heavy atom. The maximum atomic E-state index is 11.3. The molecule has 4 N–H and O–H groups in total. The largest absolute Gasteiger partial charge is 0.381 e. The van der Waals surface area contributed by atoms with Gasteiger partial charge in [-0.25, -0.2) is 8.42 Å². The van der Waals surface area contributed by atoms with Crippen LogP contribution in [-0.2, 0) is 9.84 Å². The van der Waals surface area contributed by atoms with Crippen molar-refractivity contribution < 1.29 is 8.42 Å². The summed E-state index contributed by atoms with van der Waals surface area (Å²) < 4.78 is 22.7. The van der Waals surface area contributed by atoms with Crippen LogP contribution in [0.15, 0.2) is 34.5 Å². The number of sulfone groups is 1. The van der Waals surface area contributed by atoms with Crippen LogP contribution in [0.25, 0.3) is 0 Å². The monoisotopic (exact) mass is 281 g/mol. The fourth-order valence-corrected chi connectivity index (χ4v) is 3.55. The second kappa shape index (κ2) is 5.35. The van der Waals surface area contributed by atoms with Crippen molar-refractivity contribution in [2.24, 2.45) is 16.0 Å². The van der Waals surface area contributed by atoms with Crippen LogP contribution >= 0.6 is 0 Å². The molecular formula is C11H15N5O2S. The Morgan fingerprint density at radius 1 is 1.37 bits per heavy atom. The molecule has 1 heterocycles. The highest BCUT2D eigenvalue weighted by Crippen LogP contribution is 2.20. The minimum atomic E-state index is -2.88. The summed E-state index contributed by atoms with van der Waals surface area (Å²) in [4.78, 5) is 0. The number of hydrogen-bond donors (Lipinski definition) is 3. The minimum absolute atomic E-state index is 0.0327. The number of nitrogens with zero attached hydrogens (tertiary/aromatic N) is 2. The predicted molar refractivity (Wildman–Crippen MR) is 73.6 cm³/mol. The first-order chi connectivity index (χ1) is 8.94. The molecule has 0 unspecified atom stereocenters. The molecule has 0 aliphatic carbocycles. The van der Waals surface area contributed by atoms with E-state index in [9.17, 15) is 8.42 Å². The standard InChI is InChI=1S/C11H15N5O2S/c12-11(13)16-15-9-3-1-8(2-4-9)14-10-5-6-19(17,18)7-10/h1-4,10,14H,5-7H2,(H3,12,13)/t10-/m1/s1. The number of anilines is 1. The van der Waals surface area contributed by atoms with Crippen molar-refractivity contribution in [2.75, 3.05) is 16.8 Å². The molecule has 8 heteroatoms. The lowest BCUT2D eigenvalue weighted by atomic mass is 10.2. The molecule has 0 amide bonds. The Bertz CT molecular complexity index is 594. The molecule has 1 aliphatic heterocycles. The molecule has 2 rings (SSSR count). The van der Waals surface area contributed by atoms with E-state index < -0.39 is 9.84 Å². The van der Waals surface area contributed by atoms with E-state index in [-0.39, 0.29) is 23.5 Å². The zero-order chi connectivity index (χ0) is 13.9. The van der Waals surface area contributed by atoms with Gasteiger partial charge in [0.15, 0.2) is 9.84 Å². The third kappa shape index (κ3) is 4.02. The van der Waals surface area contributed by atoms with Gasteiger partial charge in [-0.3, -0.25) is 5.41 Å². The number of guanidine groups is 1. The summed E-state index contributed by atoms with van der Waals surface area (Å²) in [7, 11) is -2.88. The summed E-state index contributed by atoms with van der Waals surface area (Å²) >= 11 is 0. The normalized spacial score (nSPS) is 21.6. The number of hydrogen-bond acceptors (Lipinski definition) is 5. The second-order valence-electron chi connectivity index (χ2n) is 4.38. The van der Waals surface area contributed by atoms with Gasteiger partial charge >= 0.3 is 0 Å². The maximum Gasteiger partial charge on any atom is 0.232 e. The molecule has 1 aliphatic rings. The van der Waals surface area contributed by atoms with Crippen LogP contribution in [0.3, 0.4) is 0 Å². The molecule has 1 aromatic rings. The zero-order valence-electron chi connectivity index (χ0n) is 10.2. The zero-order valence-corrected chi connectivity index (χ0v) is 11.0. The number of azo groups is 1. The van der Waals surface area contributed by atoms with Crippen molar-refractivity contribution >= 4 is 27.2 Å². The van der Waals surface area contributed by atoms with E-state index in [1.165, 1.54) is 0 Å². The van der Waals surface area contributed by atoms with E-state index in [0.717, 1.165) is 5.69 Å². The van der Waals surface area contributed by atoms with Gasteiger partial charge in [0, 0.05) is 11.7 Å². The molecule has 19 heavy (non-hydrogen) atoms. The lowest BCUT2D eigenvalue weighted by Crippen LogP contribution is -2.20. The van der Waals surface area contributed by atoms with E-state index in [0.29, 0.717) is 12.1 Å². The van der Waals surface area contributed by atoms with Crippen LogP contribution in [0.5, 0.6) is 0 Å². The van der Waals surface area contributed by atoms with Crippen LogP contribution in [0.2, 0.25) is 0 Å². The third-order valence-corrected chi connectivity index (χ3v) is 4.51.